The van der Waals surface area contributed by atoms with E-state index in [9.17, 15) is 0 Å². The Morgan fingerprint density at radius 1 is 1.07 bits per heavy atom. The molecule has 15 heavy (non-hydrogen) atoms. The first-order chi connectivity index (χ1) is 7.27. The Kier molecular flexibility index (Phi) is 2.64. The summed E-state index contributed by atoms with van der Waals surface area (Å²) in [5, 5.41) is 2.37. The SMILES string of the molecule is COc1nccc2c(OC)c(Cl)ccc12. The smallest absolute Gasteiger partial charge is 0.221 e. The van der Waals surface area contributed by atoms with Crippen LogP contribution in [0.15, 0.2) is 24.4 Å². The summed E-state index contributed by atoms with van der Waals surface area (Å²) >= 11 is 6.01. The number of hydrogen-bond acceptors (Lipinski definition) is 3. The molecule has 0 atom stereocenters. The lowest BCUT2D eigenvalue weighted by molar-refractivity contribution is 0.402. The van der Waals surface area contributed by atoms with Crippen molar-refractivity contribution in [3.05, 3.63) is 29.4 Å². The molecule has 1 heterocycles. The Morgan fingerprint density at radius 2 is 1.87 bits per heavy atom. The number of aromatic nitrogens is 1. The molecule has 0 unspecified atom stereocenters. The molecule has 3 nitrogen and oxygen atoms in total. The highest BCUT2D eigenvalue weighted by atomic mass is 35.5. The molecule has 4 heteroatoms. The normalized spacial score (nSPS) is 10.3. The van der Waals surface area contributed by atoms with Crippen molar-refractivity contribution in [1.29, 1.82) is 0 Å². The monoisotopic (exact) mass is 223 g/mol. The van der Waals surface area contributed by atoms with Gasteiger partial charge in [0, 0.05) is 17.0 Å². The molecule has 0 aliphatic heterocycles. The van der Waals surface area contributed by atoms with E-state index in [0.717, 1.165) is 10.8 Å². The van der Waals surface area contributed by atoms with E-state index >= 15 is 0 Å². The number of ether oxygens (including phenoxy) is 2. The maximum Gasteiger partial charge on any atom is 0.221 e. The largest absolute Gasteiger partial charge is 0.495 e. The van der Waals surface area contributed by atoms with Crippen molar-refractivity contribution < 1.29 is 9.47 Å². The zero-order valence-corrected chi connectivity index (χ0v) is 9.21. The summed E-state index contributed by atoms with van der Waals surface area (Å²) in [5.41, 5.74) is 0. The molecule has 1 aromatic carbocycles. The predicted octanol–water partition coefficient (Wildman–Crippen LogP) is 2.91. The fraction of sp³-hybridized carbons (Fsp3) is 0.182. The zero-order valence-electron chi connectivity index (χ0n) is 8.45. The third kappa shape index (κ3) is 1.59. The number of hydrogen-bond donors (Lipinski definition) is 0. The van der Waals surface area contributed by atoms with Crippen LogP contribution in [0.4, 0.5) is 0 Å². The van der Waals surface area contributed by atoms with E-state index in [0.29, 0.717) is 16.7 Å². The molecule has 0 saturated heterocycles. The van der Waals surface area contributed by atoms with E-state index in [-0.39, 0.29) is 0 Å². The van der Waals surface area contributed by atoms with Gasteiger partial charge >= 0.3 is 0 Å². The summed E-state index contributed by atoms with van der Waals surface area (Å²) in [5.74, 6) is 1.22. The van der Waals surface area contributed by atoms with Crippen LogP contribution in [0, 0.1) is 0 Å². The Balaban J connectivity index is 2.82. The molecule has 2 aromatic rings. The third-order valence-electron chi connectivity index (χ3n) is 2.21. The van der Waals surface area contributed by atoms with Gasteiger partial charge < -0.3 is 9.47 Å². The molecule has 0 N–H and O–H groups in total. The number of fused-ring (bicyclic) bond motifs is 1. The van der Waals surface area contributed by atoms with Crippen molar-refractivity contribution in [2.75, 3.05) is 14.2 Å². The molecule has 2 rings (SSSR count). The van der Waals surface area contributed by atoms with Gasteiger partial charge in [-0.1, -0.05) is 11.6 Å². The third-order valence-corrected chi connectivity index (χ3v) is 2.51. The molecular formula is C11H10ClNO2. The number of benzene rings is 1. The molecule has 0 bridgehead atoms. The van der Waals surface area contributed by atoms with Crippen LogP contribution in [-0.2, 0) is 0 Å². The topological polar surface area (TPSA) is 31.4 Å². The van der Waals surface area contributed by atoms with Crippen LogP contribution in [0.2, 0.25) is 5.02 Å². The second-order valence-electron chi connectivity index (χ2n) is 3.00. The lowest BCUT2D eigenvalue weighted by atomic mass is 10.1. The van der Waals surface area contributed by atoms with Crippen LogP contribution in [0.1, 0.15) is 0 Å². The lowest BCUT2D eigenvalue weighted by Crippen LogP contribution is -1.91. The zero-order chi connectivity index (χ0) is 10.8. The van der Waals surface area contributed by atoms with Gasteiger partial charge in [-0.25, -0.2) is 4.98 Å². The van der Waals surface area contributed by atoms with E-state index in [1.807, 2.05) is 12.1 Å². The van der Waals surface area contributed by atoms with E-state index in [4.69, 9.17) is 21.1 Å². The van der Waals surface area contributed by atoms with Gasteiger partial charge in [-0.2, -0.15) is 0 Å². The first-order valence-electron chi connectivity index (χ1n) is 4.43. The van der Waals surface area contributed by atoms with Gasteiger partial charge in [0.25, 0.3) is 0 Å². The Hall–Kier alpha value is -1.48. The van der Waals surface area contributed by atoms with E-state index in [1.54, 1.807) is 26.5 Å². The molecule has 78 valence electrons. The summed E-state index contributed by atoms with van der Waals surface area (Å²) < 4.78 is 10.4. The second-order valence-corrected chi connectivity index (χ2v) is 3.40. The highest BCUT2D eigenvalue weighted by molar-refractivity contribution is 6.33. The minimum absolute atomic E-state index is 0.572. The van der Waals surface area contributed by atoms with Gasteiger partial charge in [0.2, 0.25) is 5.88 Å². The van der Waals surface area contributed by atoms with Crippen LogP contribution in [-0.4, -0.2) is 19.2 Å². The van der Waals surface area contributed by atoms with E-state index in [1.165, 1.54) is 0 Å². The summed E-state index contributed by atoms with van der Waals surface area (Å²) in [6.07, 6.45) is 1.67. The molecular weight excluding hydrogens is 214 g/mol. The predicted molar refractivity (Wildman–Crippen MR) is 59.9 cm³/mol. The molecule has 0 amide bonds. The summed E-state index contributed by atoms with van der Waals surface area (Å²) in [6.45, 7) is 0. The van der Waals surface area contributed by atoms with Crippen molar-refractivity contribution in [2.45, 2.75) is 0 Å². The first-order valence-corrected chi connectivity index (χ1v) is 4.81. The van der Waals surface area contributed by atoms with Crippen LogP contribution in [0.25, 0.3) is 10.8 Å². The van der Waals surface area contributed by atoms with Crippen LogP contribution in [0.3, 0.4) is 0 Å². The number of rotatable bonds is 2. The average Bonchev–Trinajstić information content (AvgIpc) is 2.28. The number of methoxy groups -OCH3 is 2. The minimum atomic E-state index is 0.572. The van der Waals surface area contributed by atoms with Crippen molar-refractivity contribution in [1.82, 2.24) is 4.98 Å². The molecule has 0 fully saturated rings. The summed E-state index contributed by atoms with van der Waals surface area (Å²) in [4.78, 5) is 4.11. The molecule has 0 radical (unpaired) electrons. The fourth-order valence-corrected chi connectivity index (χ4v) is 1.79. The highest BCUT2D eigenvalue weighted by Crippen LogP contribution is 2.35. The summed E-state index contributed by atoms with van der Waals surface area (Å²) in [6, 6.07) is 5.49. The standard InChI is InChI=1S/C11H10ClNO2/c1-14-10-7-5-6-13-11(15-2)8(7)3-4-9(10)12/h3-6H,1-2H3. The number of halogens is 1. The number of pyridine rings is 1. The average molecular weight is 224 g/mol. The maximum absolute atomic E-state index is 6.01. The second kappa shape index (κ2) is 3.95. The quantitative estimate of drug-likeness (QED) is 0.785. The van der Waals surface area contributed by atoms with Crippen molar-refractivity contribution >= 4 is 22.4 Å². The molecule has 0 saturated carbocycles. The molecule has 0 spiro atoms. The van der Waals surface area contributed by atoms with Crippen LogP contribution in [0.5, 0.6) is 11.6 Å². The van der Waals surface area contributed by atoms with Crippen molar-refractivity contribution in [3.63, 3.8) is 0 Å². The van der Waals surface area contributed by atoms with Gasteiger partial charge in [0.15, 0.2) is 0 Å². The Labute approximate surface area is 92.6 Å². The highest BCUT2D eigenvalue weighted by Gasteiger charge is 2.09. The van der Waals surface area contributed by atoms with Gasteiger partial charge in [-0.05, 0) is 18.2 Å². The van der Waals surface area contributed by atoms with Crippen LogP contribution >= 0.6 is 11.6 Å². The fourth-order valence-electron chi connectivity index (χ4n) is 1.54. The number of nitrogens with zero attached hydrogens (tertiary/aromatic N) is 1. The molecule has 0 aliphatic rings. The minimum Gasteiger partial charge on any atom is -0.495 e. The van der Waals surface area contributed by atoms with Gasteiger partial charge in [0.1, 0.15) is 5.75 Å². The molecule has 0 aliphatic carbocycles. The lowest BCUT2D eigenvalue weighted by Gasteiger charge is -2.09. The molecule has 1 aromatic heterocycles. The van der Waals surface area contributed by atoms with Gasteiger partial charge in [-0.15, -0.1) is 0 Å². The van der Waals surface area contributed by atoms with Crippen molar-refractivity contribution in [3.8, 4) is 11.6 Å². The van der Waals surface area contributed by atoms with Gasteiger partial charge in [0.05, 0.1) is 19.2 Å². The Bertz CT molecular complexity index is 499. The Morgan fingerprint density at radius 3 is 2.53 bits per heavy atom. The maximum atomic E-state index is 6.01. The van der Waals surface area contributed by atoms with Gasteiger partial charge in [-0.3, -0.25) is 0 Å². The van der Waals surface area contributed by atoms with E-state index in [2.05, 4.69) is 4.98 Å². The van der Waals surface area contributed by atoms with Crippen molar-refractivity contribution in [2.24, 2.45) is 0 Å². The first kappa shape index (κ1) is 10.1. The van der Waals surface area contributed by atoms with Crippen LogP contribution < -0.4 is 9.47 Å². The van der Waals surface area contributed by atoms with E-state index < -0.39 is 0 Å². The summed E-state index contributed by atoms with van der Waals surface area (Å²) in [7, 11) is 3.18.